The van der Waals surface area contributed by atoms with Crippen molar-refractivity contribution in [3.8, 4) is 0 Å². The molecular formula is C13H21N3O2. The van der Waals surface area contributed by atoms with Gasteiger partial charge in [-0.1, -0.05) is 5.16 Å². The Hall–Kier alpha value is -0.940. The molecule has 2 saturated carbocycles. The highest BCUT2D eigenvalue weighted by Crippen LogP contribution is 2.42. The normalized spacial score (nSPS) is 21.2. The van der Waals surface area contributed by atoms with Gasteiger partial charge in [-0.05, 0) is 51.0 Å². The van der Waals surface area contributed by atoms with Crippen LogP contribution in [0.3, 0.4) is 0 Å². The van der Waals surface area contributed by atoms with Crippen molar-refractivity contribution in [1.82, 2.24) is 15.5 Å². The quantitative estimate of drug-likeness (QED) is 0.766. The highest BCUT2D eigenvalue weighted by molar-refractivity contribution is 4.98. The molecule has 18 heavy (non-hydrogen) atoms. The lowest BCUT2D eigenvalue weighted by Crippen LogP contribution is -2.16. The maximum absolute atomic E-state index is 5.71. The number of rotatable bonds is 8. The Morgan fingerprint density at radius 3 is 2.89 bits per heavy atom. The number of nitrogens with zero attached hydrogens (tertiary/aromatic N) is 2. The summed E-state index contributed by atoms with van der Waals surface area (Å²) in [5.41, 5.74) is 0. The Morgan fingerprint density at radius 1 is 1.39 bits per heavy atom. The molecule has 0 aromatic carbocycles. The highest BCUT2D eigenvalue weighted by Gasteiger charge is 2.36. The van der Waals surface area contributed by atoms with Gasteiger partial charge in [-0.15, -0.1) is 0 Å². The van der Waals surface area contributed by atoms with Crippen molar-refractivity contribution in [3.05, 3.63) is 11.7 Å². The van der Waals surface area contributed by atoms with Crippen LogP contribution >= 0.6 is 0 Å². The molecule has 1 unspecified atom stereocenters. The fraction of sp³-hybridized carbons (Fsp3) is 0.846. The number of aromatic nitrogens is 2. The number of nitrogens with one attached hydrogen (secondary N) is 1. The lowest BCUT2D eigenvalue weighted by Gasteiger charge is -2.10. The minimum absolute atomic E-state index is 0.0379. The van der Waals surface area contributed by atoms with Gasteiger partial charge in [-0.2, -0.15) is 4.98 Å². The molecule has 3 rings (SSSR count). The molecule has 0 aliphatic heterocycles. The molecule has 0 bridgehead atoms. The first-order valence-corrected chi connectivity index (χ1v) is 7.01. The smallest absolute Gasteiger partial charge is 0.240 e. The maximum atomic E-state index is 5.71. The zero-order chi connectivity index (χ0) is 12.4. The van der Waals surface area contributed by atoms with Crippen LogP contribution in [0, 0.1) is 11.8 Å². The van der Waals surface area contributed by atoms with Crippen LogP contribution in [-0.4, -0.2) is 23.3 Å². The summed E-state index contributed by atoms with van der Waals surface area (Å²) in [5.74, 6) is 2.86. The second kappa shape index (κ2) is 5.36. The van der Waals surface area contributed by atoms with Gasteiger partial charge in [0, 0.05) is 6.61 Å². The molecule has 1 aromatic rings. The number of hydrogen-bond acceptors (Lipinski definition) is 5. The Labute approximate surface area is 107 Å². The molecule has 1 heterocycles. The van der Waals surface area contributed by atoms with Gasteiger partial charge in [0.15, 0.2) is 0 Å². The van der Waals surface area contributed by atoms with Crippen LogP contribution in [0.4, 0.5) is 0 Å². The Balaban J connectivity index is 1.53. The Bertz CT molecular complexity index is 385. The molecule has 0 amide bonds. The van der Waals surface area contributed by atoms with E-state index in [0.717, 1.165) is 18.3 Å². The summed E-state index contributed by atoms with van der Waals surface area (Å²) in [4.78, 5) is 4.44. The number of ether oxygens (including phenoxy) is 1. The van der Waals surface area contributed by atoms with E-state index in [4.69, 9.17) is 9.26 Å². The Morgan fingerprint density at radius 2 is 2.22 bits per heavy atom. The van der Waals surface area contributed by atoms with Gasteiger partial charge in [0.25, 0.3) is 0 Å². The third-order valence-corrected chi connectivity index (χ3v) is 3.54. The molecule has 100 valence electrons. The summed E-state index contributed by atoms with van der Waals surface area (Å²) >= 11 is 0. The van der Waals surface area contributed by atoms with Crippen molar-refractivity contribution >= 4 is 0 Å². The summed E-state index contributed by atoms with van der Waals surface area (Å²) in [5, 5.41) is 7.41. The average molecular weight is 251 g/mol. The first kappa shape index (κ1) is 12.1. The van der Waals surface area contributed by atoms with Gasteiger partial charge < -0.3 is 14.6 Å². The average Bonchev–Trinajstić information content (AvgIpc) is 3.26. The summed E-state index contributed by atoms with van der Waals surface area (Å²) < 4.78 is 11.0. The van der Waals surface area contributed by atoms with Crippen molar-refractivity contribution in [3.63, 3.8) is 0 Å². The summed E-state index contributed by atoms with van der Waals surface area (Å²) in [6.07, 6.45) is 5.19. The predicted molar refractivity (Wildman–Crippen MR) is 65.8 cm³/mol. The SMILES string of the molecule is CCOC(c1noc(CNCC2CC2)n1)C1CC1. The van der Waals surface area contributed by atoms with E-state index in [0.29, 0.717) is 25.0 Å². The van der Waals surface area contributed by atoms with Gasteiger partial charge in [-0.25, -0.2) is 0 Å². The van der Waals surface area contributed by atoms with Crippen molar-refractivity contribution in [2.24, 2.45) is 11.8 Å². The minimum atomic E-state index is 0.0379. The van der Waals surface area contributed by atoms with Gasteiger partial charge in [0.1, 0.15) is 6.10 Å². The lowest BCUT2D eigenvalue weighted by atomic mass is 10.2. The molecule has 1 aromatic heterocycles. The molecule has 1 N–H and O–H groups in total. The molecule has 2 fully saturated rings. The molecule has 0 saturated heterocycles. The van der Waals surface area contributed by atoms with Crippen molar-refractivity contribution < 1.29 is 9.26 Å². The van der Waals surface area contributed by atoms with Gasteiger partial charge in [-0.3, -0.25) is 0 Å². The third kappa shape index (κ3) is 3.09. The van der Waals surface area contributed by atoms with Crippen LogP contribution in [0.5, 0.6) is 0 Å². The third-order valence-electron chi connectivity index (χ3n) is 3.54. The van der Waals surface area contributed by atoms with Gasteiger partial charge >= 0.3 is 0 Å². The molecule has 0 spiro atoms. The maximum Gasteiger partial charge on any atom is 0.240 e. The van der Waals surface area contributed by atoms with E-state index in [2.05, 4.69) is 15.5 Å². The standard InChI is InChI=1S/C13H21N3O2/c1-2-17-12(10-5-6-10)13-15-11(18-16-13)8-14-7-9-3-4-9/h9-10,12,14H,2-8H2,1H3. The molecule has 5 heteroatoms. The summed E-state index contributed by atoms with van der Waals surface area (Å²) in [6.45, 7) is 4.45. The molecule has 0 radical (unpaired) electrons. The summed E-state index contributed by atoms with van der Waals surface area (Å²) in [6, 6.07) is 0. The van der Waals surface area contributed by atoms with E-state index >= 15 is 0 Å². The minimum Gasteiger partial charge on any atom is -0.370 e. The zero-order valence-corrected chi connectivity index (χ0v) is 10.9. The molecule has 2 aliphatic carbocycles. The van der Waals surface area contributed by atoms with E-state index < -0.39 is 0 Å². The van der Waals surface area contributed by atoms with Crippen LogP contribution in [-0.2, 0) is 11.3 Å². The van der Waals surface area contributed by atoms with Crippen LogP contribution in [0.2, 0.25) is 0 Å². The molecule has 2 aliphatic rings. The van der Waals surface area contributed by atoms with Crippen molar-refractivity contribution in [2.45, 2.75) is 45.3 Å². The molecular weight excluding hydrogens is 230 g/mol. The Kier molecular flexibility index (Phi) is 3.61. The van der Waals surface area contributed by atoms with E-state index in [9.17, 15) is 0 Å². The van der Waals surface area contributed by atoms with Crippen LogP contribution in [0.25, 0.3) is 0 Å². The first-order valence-electron chi connectivity index (χ1n) is 7.01. The van der Waals surface area contributed by atoms with Gasteiger partial charge in [0.2, 0.25) is 11.7 Å². The van der Waals surface area contributed by atoms with Crippen LogP contribution in [0.15, 0.2) is 4.52 Å². The summed E-state index contributed by atoms with van der Waals surface area (Å²) in [7, 11) is 0. The largest absolute Gasteiger partial charge is 0.370 e. The fourth-order valence-corrected chi connectivity index (χ4v) is 2.16. The van der Waals surface area contributed by atoms with Crippen molar-refractivity contribution in [1.29, 1.82) is 0 Å². The monoisotopic (exact) mass is 251 g/mol. The van der Waals surface area contributed by atoms with E-state index in [1.54, 1.807) is 0 Å². The van der Waals surface area contributed by atoms with E-state index in [1.165, 1.54) is 25.7 Å². The molecule has 1 atom stereocenters. The fourth-order valence-electron chi connectivity index (χ4n) is 2.16. The highest BCUT2D eigenvalue weighted by atomic mass is 16.5. The van der Waals surface area contributed by atoms with Crippen LogP contribution < -0.4 is 5.32 Å². The van der Waals surface area contributed by atoms with E-state index in [1.807, 2.05) is 6.92 Å². The zero-order valence-electron chi connectivity index (χ0n) is 10.9. The number of hydrogen-bond donors (Lipinski definition) is 1. The second-order valence-corrected chi connectivity index (χ2v) is 5.33. The lowest BCUT2D eigenvalue weighted by molar-refractivity contribution is 0.0384. The predicted octanol–water partition coefficient (Wildman–Crippen LogP) is 2.06. The second-order valence-electron chi connectivity index (χ2n) is 5.33. The van der Waals surface area contributed by atoms with Gasteiger partial charge in [0.05, 0.1) is 6.54 Å². The first-order chi connectivity index (χ1) is 8.86. The van der Waals surface area contributed by atoms with Crippen LogP contribution in [0.1, 0.15) is 50.4 Å². The van der Waals surface area contributed by atoms with E-state index in [-0.39, 0.29) is 6.10 Å². The molecule has 5 nitrogen and oxygen atoms in total. The topological polar surface area (TPSA) is 60.2 Å². The van der Waals surface area contributed by atoms with Crippen molar-refractivity contribution in [2.75, 3.05) is 13.2 Å².